The summed E-state index contributed by atoms with van der Waals surface area (Å²) in [5.41, 5.74) is 2.65. The summed E-state index contributed by atoms with van der Waals surface area (Å²) in [4.78, 5) is 16.3. The molecule has 0 aromatic heterocycles. The Morgan fingerprint density at radius 3 is 2.70 bits per heavy atom. The molecule has 4 heteroatoms. The van der Waals surface area contributed by atoms with Gasteiger partial charge >= 0.3 is 0 Å². The maximum absolute atomic E-state index is 12.1. The first-order valence-corrected chi connectivity index (χ1v) is 8.64. The molecule has 3 rings (SSSR count). The standard InChI is InChI=1S/C19H28N2O2/c1-15-5-4-6-16(13-15)14-21-11-9-19(10-12-21)8-7-17(23-19)18(22)20(2)3/h4-6,13,17H,7-12,14H2,1-3H3/t17-/m1/s1. The average Bonchev–Trinajstić information content (AvgIpc) is 2.93. The van der Waals surface area contributed by atoms with Crippen LogP contribution in [-0.2, 0) is 16.1 Å². The van der Waals surface area contributed by atoms with E-state index in [0.717, 1.165) is 45.3 Å². The van der Waals surface area contributed by atoms with Crippen LogP contribution in [0.25, 0.3) is 0 Å². The van der Waals surface area contributed by atoms with Gasteiger partial charge < -0.3 is 9.64 Å². The normalized spacial score (nSPS) is 24.0. The number of likely N-dealkylation sites (N-methyl/N-ethyl adjacent to an activating group) is 1. The largest absolute Gasteiger partial charge is 0.362 e. The average molecular weight is 316 g/mol. The first-order valence-electron chi connectivity index (χ1n) is 8.64. The molecule has 1 amide bonds. The number of rotatable bonds is 3. The van der Waals surface area contributed by atoms with Crippen LogP contribution in [0.4, 0.5) is 0 Å². The summed E-state index contributed by atoms with van der Waals surface area (Å²) in [6.07, 6.45) is 3.74. The Kier molecular flexibility index (Phi) is 4.74. The van der Waals surface area contributed by atoms with Crippen LogP contribution in [0.3, 0.4) is 0 Å². The fraction of sp³-hybridized carbons (Fsp3) is 0.632. The molecule has 0 radical (unpaired) electrons. The number of ether oxygens (including phenoxy) is 1. The van der Waals surface area contributed by atoms with E-state index >= 15 is 0 Å². The molecule has 1 spiro atoms. The van der Waals surface area contributed by atoms with Crippen LogP contribution in [-0.4, -0.2) is 54.6 Å². The predicted molar refractivity (Wildman–Crippen MR) is 91.2 cm³/mol. The molecule has 0 saturated carbocycles. The minimum atomic E-state index is -0.228. The molecule has 126 valence electrons. The summed E-state index contributed by atoms with van der Waals surface area (Å²) in [5, 5.41) is 0. The zero-order valence-corrected chi connectivity index (χ0v) is 14.5. The van der Waals surface area contributed by atoms with Crippen LogP contribution in [0, 0.1) is 6.92 Å². The van der Waals surface area contributed by atoms with Crippen molar-refractivity contribution in [3.63, 3.8) is 0 Å². The van der Waals surface area contributed by atoms with E-state index in [9.17, 15) is 4.79 Å². The summed E-state index contributed by atoms with van der Waals surface area (Å²) in [5.74, 6) is 0.115. The molecule has 23 heavy (non-hydrogen) atoms. The van der Waals surface area contributed by atoms with E-state index in [-0.39, 0.29) is 17.6 Å². The van der Waals surface area contributed by atoms with E-state index in [1.54, 1.807) is 19.0 Å². The maximum atomic E-state index is 12.1. The number of nitrogens with zero attached hydrogens (tertiary/aromatic N) is 2. The van der Waals surface area contributed by atoms with Gasteiger partial charge in [0.05, 0.1) is 5.60 Å². The topological polar surface area (TPSA) is 32.8 Å². The Balaban J connectivity index is 1.53. The van der Waals surface area contributed by atoms with E-state index < -0.39 is 0 Å². The molecule has 4 nitrogen and oxygen atoms in total. The molecule has 1 atom stereocenters. The Bertz CT molecular complexity index is 562. The zero-order valence-electron chi connectivity index (χ0n) is 14.5. The molecular formula is C19H28N2O2. The first kappa shape index (κ1) is 16.5. The summed E-state index contributed by atoms with van der Waals surface area (Å²) in [7, 11) is 3.61. The van der Waals surface area contributed by atoms with Crippen molar-refractivity contribution in [2.24, 2.45) is 0 Å². The second-order valence-electron chi connectivity index (χ2n) is 7.33. The summed E-state index contributed by atoms with van der Waals surface area (Å²) < 4.78 is 6.21. The Morgan fingerprint density at radius 1 is 1.30 bits per heavy atom. The van der Waals surface area contributed by atoms with Crippen LogP contribution >= 0.6 is 0 Å². The second-order valence-corrected chi connectivity index (χ2v) is 7.33. The van der Waals surface area contributed by atoms with Crippen molar-refractivity contribution < 1.29 is 9.53 Å². The van der Waals surface area contributed by atoms with Gasteiger partial charge in [0.25, 0.3) is 5.91 Å². The van der Waals surface area contributed by atoms with Crippen LogP contribution in [0.5, 0.6) is 0 Å². The van der Waals surface area contributed by atoms with E-state index in [2.05, 4.69) is 36.1 Å². The van der Waals surface area contributed by atoms with Gasteiger partial charge in [-0.3, -0.25) is 9.69 Å². The van der Waals surface area contributed by atoms with Crippen molar-refractivity contribution >= 4 is 5.91 Å². The lowest BCUT2D eigenvalue weighted by Crippen LogP contribution is -2.45. The van der Waals surface area contributed by atoms with Crippen molar-refractivity contribution in [2.45, 2.75) is 50.9 Å². The highest BCUT2D eigenvalue weighted by atomic mass is 16.5. The molecule has 0 N–H and O–H groups in total. The van der Waals surface area contributed by atoms with Gasteiger partial charge in [-0.25, -0.2) is 0 Å². The van der Waals surface area contributed by atoms with Crippen LogP contribution in [0.2, 0.25) is 0 Å². The molecule has 0 unspecified atom stereocenters. The molecule has 2 aliphatic heterocycles. The van der Waals surface area contributed by atoms with Gasteiger partial charge in [0.1, 0.15) is 6.10 Å². The monoisotopic (exact) mass is 316 g/mol. The van der Waals surface area contributed by atoms with Crippen molar-refractivity contribution in [3.8, 4) is 0 Å². The van der Waals surface area contributed by atoms with Crippen LogP contribution < -0.4 is 0 Å². The van der Waals surface area contributed by atoms with Gasteiger partial charge in [0, 0.05) is 33.7 Å². The minimum absolute atomic E-state index is 0.0561. The van der Waals surface area contributed by atoms with E-state index in [1.807, 2.05) is 0 Å². The number of aryl methyl sites for hydroxylation is 1. The lowest BCUT2D eigenvalue weighted by molar-refractivity contribution is -0.148. The van der Waals surface area contributed by atoms with Gasteiger partial charge in [0.2, 0.25) is 0 Å². The number of likely N-dealkylation sites (tertiary alicyclic amines) is 1. The summed E-state index contributed by atoms with van der Waals surface area (Å²) in [6.45, 7) is 5.26. The number of amides is 1. The van der Waals surface area contributed by atoms with E-state index in [1.165, 1.54) is 11.1 Å². The molecule has 2 saturated heterocycles. The van der Waals surface area contributed by atoms with Gasteiger partial charge in [-0.05, 0) is 38.2 Å². The predicted octanol–water partition coefficient (Wildman–Crippen LogP) is 2.60. The third kappa shape index (κ3) is 3.75. The van der Waals surface area contributed by atoms with Gasteiger partial charge in [-0.15, -0.1) is 0 Å². The molecule has 2 fully saturated rings. The van der Waals surface area contributed by atoms with Crippen molar-refractivity contribution in [1.82, 2.24) is 9.80 Å². The number of benzene rings is 1. The Labute approximate surface area is 139 Å². The lowest BCUT2D eigenvalue weighted by Gasteiger charge is -2.39. The van der Waals surface area contributed by atoms with E-state index in [4.69, 9.17) is 4.74 Å². The first-order chi connectivity index (χ1) is 11.0. The van der Waals surface area contributed by atoms with Crippen LogP contribution in [0.1, 0.15) is 36.8 Å². The number of carbonyl (C=O) groups excluding carboxylic acids is 1. The molecule has 1 aromatic carbocycles. The summed E-state index contributed by atoms with van der Waals surface area (Å²) >= 11 is 0. The SMILES string of the molecule is Cc1cccc(CN2CCC3(CC[C@H](C(=O)N(C)C)O3)CC2)c1. The molecule has 2 heterocycles. The molecule has 2 aliphatic rings. The van der Waals surface area contributed by atoms with Gasteiger partial charge in [-0.2, -0.15) is 0 Å². The molecule has 0 bridgehead atoms. The third-order valence-corrected chi connectivity index (χ3v) is 5.23. The quantitative estimate of drug-likeness (QED) is 0.859. The molecular weight excluding hydrogens is 288 g/mol. The Hall–Kier alpha value is -1.39. The number of hydrogen-bond acceptors (Lipinski definition) is 3. The van der Waals surface area contributed by atoms with Crippen molar-refractivity contribution in [1.29, 1.82) is 0 Å². The van der Waals surface area contributed by atoms with E-state index in [0.29, 0.717) is 0 Å². The number of carbonyl (C=O) groups is 1. The van der Waals surface area contributed by atoms with Gasteiger partial charge in [-0.1, -0.05) is 29.8 Å². The minimum Gasteiger partial charge on any atom is -0.362 e. The fourth-order valence-corrected chi connectivity index (χ4v) is 3.83. The number of piperidine rings is 1. The lowest BCUT2D eigenvalue weighted by atomic mass is 9.88. The fourth-order valence-electron chi connectivity index (χ4n) is 3.83. The molecule has 0 aliphatic carbocycles. The van der Waals surface area contributed by atoms with Crippen molar-refractivity contribution in [3.05, 3.63) is 35.4 Å². The second kappa shape index (κ2) is 6.62. The zero-order chi connectivity index (χ0) is 16.4. The Morgan fingerprint density at radius 2 is 2.04 bits per heavy atom. The highest BCUT2D eigenvalue weighted by Crippen LogP contribution is 2.39. The molecule has 1 aromatic rings. The maximum Gasteiger partial charge on any atom is 0.251 e. The number of hydrogen-bond donors (Lipinski definition) is 0. The summed E-state index contributed by atoms with van der Waals surface area (Å²) in [6, 6.07) is 8.74. The highest BCUT2D eigenvalue weighted by Gasteiger charge is 2.44. The smallest absolute Gasteiger partial charge is 0.251 e. The highest BCUT2D eigenvalue weighted by molar-refractivity contribution is 5.80. The van der Waals surface area contributed by atoms with Crippen LogP contribution in [0.15, 0.2) is 24.3 Å². The van der Waals surface area contributed by atoms with Crippen molar-refractivity contribution in [2.75, 3.05) is 27.2 Å². The third-order valence-electron chi connectivity index (χ3n) is 5.23. The van der Waals surface area contributed by atoms with Gasteiger partial charge in [0.15, 0.2) is 0 Å².